The molecule has 1 unspecified atom stereocenters. The molecule has 0 amide bonds. The molecule has 1 aromatic rings. The van der Waals surface area contributed by atoms with Gasteiger partial charge in [-0.25, -0.2) is 0 Å². The van der Waals surface area contributed by atoms with Crippen molar-refractivity contribution in [2.24, 2.45) is 5.73 Å². The van der Waals surface area contributed by atoms with E-state index in [9.17, 15) is 0 Å². The Morgan fingerprint density at radius 1 is 1.35 bits per heavy atom. The van der Waals surface area contributed by atoms with E-state index < -0.39 is 0 Å². The van der Waals surface area contributed by atoms with Crippen LogP contribution in [0.15, 0.2) is 24.3 Å². The highest BCUT2D eigenvalue weighted by Gasteiger charge is 2.21. The summed E-state index contributed by atoms with van der Waals surface area (Å²) < 4.78 is 5.27. The molecule has 0 bridgehead atoms. The standard InChI is InChI=1S/C14H22N2O/c1-11(16-8-6-13(15)7-9-16)12-4-3-5-14(10-12)17-2/h3-5,10-11,13H,6-9,15H2,1-2H3. The molecule has 0 aromatic heterocycles. The minimum Gasteiger partial charge on any atom is -0.497 e. The fourth-order valence-electron chi connectivity index (χ4n) is 2.42. The molecule has 3 heteroatoms. The Kier molecular flexibility index (Phi) is 4.02. The molecule has 1 saturated heterocycles. The van der Waals surface area contributed by atoms with Crippen LogP contribution in [0.2, 0.25) is 0 Å². The van der Waals surface area contributed by atoms with Gasteiger partial charge in [0.1, 0.15) is 5.75 Å². The second kappa shape index (κ2) is 5.52. The lowest BCUT2D eigenvalue weighted by atomic mass is 10.0. The van der Waals surface area contributed by atoms with Crippen LogP contribution in [-0.2, 0) is 0 Å². The average molecular weight is 234 g/mol. The van der Waals surface area contributed by atoms with E-state index in [2.05, 4.69) is 30.0 Å². The Morgan fingerprint density at radius 3 is 2.71 bits per heavy atom. The third-order valence-electron chi connectivity index (χ3n) is 3.70. The van der Waals surface area contributed by atoms with Gasteiger partial charge in [-0.15, -0.1) is 0 Å². The molecule has 94 valence electrons. The summed E-state index contributed by atoms with van der Waals surface area (Å²) in [4.78, 5) is 2.50. The van der Waals surface area contributed by atoms with E-state index in [4.69, 9.17) is 10.5 Å². The zero-order valence-electron chi connectivity index (χ0n) is 10.7. The lowest BCUT2D eigenvalue weighted by molar-refractivity contribution is 0.163. The molecular formula is C14H22N2O. The molecule has 1 fully saturated rings. The first-order valence-corrected chi connectivity index (χ1v) is 6.34. The van der Waals surface area contributed by atoms with E-state index in [0.29, 0.717) is 12.1 Å². The molecule has 2 rings (SSSR count). The van der Waals surface area contributed by atoms with Crippen LogP contribution in [0.1, 0.15) is 31.4 Å². The summed E-state index contributed by atoms with van der Waals surface area (Å²) >= 11 is 0. The van der Waals surface area contributed by atoms with Crippen molar-refractivity contribution >= 4 is 0 Å². The first-order chi connectivity index (χ1) is 8.20. The maximum Gasteiger partial charge on any atom is 0.119 e. The predicted molar refractivity (Wildman–Crippen MR) is 70.2 cm³/mol. The van der Waals surface area contributed by atoms with Crippen LogP contribution in [0.3, 0.4) is 0 Å². The second-order valence-corrected chi connectivity index (χ2v) is 4.83. The average Bonchev–Trinajstić information content (AvgIpc) is 2.39. The quantitative estimate of drug-likeness (QED) is 0.871. The van der Waals surface area contributed by atoms with Gasteiger partial charge in [0.2, 0.25) is 0 Å². The summed E-state index contributed by atoms with van der Waals surface area (Å²) in [5, 5.41) is 0. The largest absolute Gasteiger partial charge is 0.497 e. The van der Waals surface area contributed by atoms with E-state index in [1.807, 2.05) is 6.07 Å². The van der Waals surface area contributed by atoms with Crippen molar-refractivity contribution < 1.29 is 4.74 Å². The van der Waals surface area contributed by atoms with Crippen LogP contribution < -0.4 is 10.5 Å². The van der Waals surface area contributed by atoms with E-state index in [1.54, 1.807) is 7.11 Å². The number of nitrogens with two attached hydrogens (primary N) is 1. The topological polar surface area (TPSA) is 38.5 Å². The minimum atomic E-state index is 0.392. The lowest BCUT2D eigenvalue weighted by Crippen LogP contribution is -2.40. The Labute approximate surface area is 104 Å². The molecule has 1 aromatic carbocycles. The highest BCUT2D eigenvalue weighted by Crippen LogP contribution is 2.26. The van der Waals surface area contributed by atoms with Crippen LogP contribution in [-0.4, -0.2) is 31.1 Å². The molecule has 1 atom stereocenters. The zero-order chi connectivity index (χ0) is 12.3. The highest BCUT2D eigenvalue weighted by atomic mass is 16.5. The molecule has 2 N–H and O–H groups in total. The zero-order valence-corrected chi connectivity index (χ0v) is 10.7. The number of likely N-dealkylation sites (tertiary alicyclic amines) is 1. The van der Waals surface area contributed by atoms with Crippen LogP contribution in [0.25, 0.3) is 0 Å². The number of nitrogens with zero attached hydrogens (tertiary/aromatic N) is 1. The van der Waals surface area contributed by atoms with E-state index in [0.717, 1.165) is 31.7 Å². The van der Waals surface area contributed by atoms with Gasteiger partial charge < -0.3 is 10.5 Å². The summed E-state index contributed by atoms with van der Waals surface area (Å²) in [5.74, 6) is 0.933. The van der Waals surface area contributed by atoms with Gasteiger partial charge in [-0.1, -0.05) is 12.1 Å². The molecule has 3 nitrogen and oxygen atoms in total. The van der Waals surface area contributed by atoms with Gasteiger partial charge in [0, 0.05) is 25.2 Å². The van der Waals surface area contributed by atoms with Crippen molar-refractivity contribution in [3.63, 3.8) is 0 Å². The number of methoxy groups -OCH3 is 1. The van der Waals surface area contributed by atoms with Crippen LogP contribution in [0.4, 0.5) is 0 Å². The van der Waals surface area contributed by atoms with Crippen LogP contribution in [0.5, 0.6) is 5.75 Å². The van der Waals surface area contributed by atoms with Crippen molar-refractivity contribution in [2.75, 3.05) is 20.2 Å². The summed E-state index contributed by atoms with van der Waals surface area (Å²) in [6.45, 7) is 4.45. The molecule has 0 aliphatic carbocycles. The molecular weight excluding hydrogens is 212 g/mol. The summed E-state index contributed by atoms with van der Waals surface area (Å²) in [6, 6.07) is 9.17. The Hall–Kier alpha value is -1.06. The molecule has 1 aliphatic rings. The van der Waals surface area contributed by atoms with Gasteiger partial charge in [0.15, 0.2) is 0 Å². The van der Waals surface area contributed by atoms with Gasteiger partial charge in [-0.05, 0) is 37.5 Å². The molecule has 1 heterocycles. The third-order valence-corrected chi connectivity index (χ3v) is 3.70. The van der Waals surface area contributed by atoms with Gasteiger partial charge in [0.25, 0.3) is 0 Å². The van der Waals surface area contributed by atoms with Crippen LogP contribution in [0, 0.1) is 0 Å². The van der Waals surface area contributed by atoms with E-state index in [1.165, 1.54) is 5.56 Å². The maximum absolute atomic E-state index is 5.93. The fourth-order valence-corrected chi connectivity index (χ4v) is 2.42. The molecule has 0 radical (unpaired) electrons. The van der Waals surface area contributed by atoms with Crippen molar-refractivity contribution in [1.29, 1.82) is 0 Å². The number of hydrogen-bond acceptors (Lipinski definition) is 3. The predicted octanol–water partition coefficient (Wildman–Crippen LogP) is 2.18. The second-order valence-electron chi connectivity index (χ2n) is 4.83. The monoisotopic (exact) mass is 234 g/mol. The van der Waals surface area contributed by atoms with Crippen molar-refractivity contribution in [1.82, 2.24) is 4.90 Å². The Bertz CT molecular complexity index is 359. The van der Waals surface area contributed by atoms with Gasteiger partial charge in [-0.2, -0.15) is 0 Å². The van der Waals surface area contributed by atoms with Gasteiger partial charge in [0.05, 0.1) is 7.11 Å². The number of piperidine rings is 1. The number of benzene rings is 1. The highest BCUT2D eigenvalue weighted by molar-refractivity contribution is 5.30. The van der Waals surface area contributed by atoms with Crippen molar-refractivity contribution in [2.45, 2.75) is 31.8 Å². The van der Waals surface area contributed by atoms with Gasteiger partial charge >= 0.3 is 0 Å². The maximum atomic E-state index is 5.93. The van der Waals surface area contributed by atoms with Gasteiger partial charge in [-0.3, -0.25) is 4.90 Å². The molecule has 0 saturated carbocycles. The van der Waals surface area contributed by atoms with Crippen molar-refractivity contribution in [3.8, 4) is 5.75 Å². The summed E-state index contributed by atoms with van der Waals surface area (Å²) in [7, 11) is 1.71. The fraction of sp³-hybridized carbons (Fsp3) is 0.571. The lowest BCUT2D eigenvalue weighted by Gasteiger charge is -2.35. The third kappa shape index (κ3) is 2.99. The number of hydrogen-bond donors (Lipinski definition) is 1. The normalized spacial score (nSPS) is 20.2. The summed E-state index contributed by atoms with van der Waals surface area (Å²) in [6.07, 6.45) is 2.21. The first-order valence-electron chi connectivity index (χ1n) is 6.34. The first kappa shape index (κ1) is 12.4. The molecule has 0 spiro atoms. The molecule has 17 heavy (non-hydrogen) atoms. The van der Waals surface area contributed by atoms with Crippen LogP contribution >= 0.6 is 0 Å². The number of rotatable bonds is 3. The van der Waals surface area contributed by atoms with E-state index >= 15 is 0 Å². The Balaban J connectivity index is 2.05. The molecule has 1 aliphatic heterocycles. The summed E-state index contributed by atoms with van der Waals surface area (Å²) in [5.41, 5.74) is 7.25. The number of ether oxygens (including phenoxy) is 1. The smallest absolute Gasteiger partial charge is 0.119 e. The van der Waals surface area contributed by atoms with E-state index in [-0.39, 0.29) is 0 Å². The SMILES string of the molecule is COc1cccc(C(C)N2CCC(N)CC2)c1. The Morgan fingerprint density at radius 2 is 2.06 bits per heavy atom. The minimum absolute atomic E-state index is 0.392. The van der Waals surface area contributed by atoms with Crippen molar-refractivity contribution in [3.05, 3.63) is 29.8 Å².